The molecule has 0 bridgehead atoms. The van der Waals surface area contributed by atoms with Crippen molar-refractivity contribution in [2.45, 2.75) is 13.0 Å². The fraction of sp³-hybridized carbons (Fsp3) is 0.188. The molecule has 4 heteroatoms. The Balaban J connectivity index is 1.97. The van der Waals surface area contributed by atoms with E-state index in [1.165, 1.54) is 0 Å². The first-order valence-corrected chi connectivity index (χ1v) is 6.80. The number of amides is 1. The maximum absolute atomic E-state index is 12.0. The number of nitrogens with two attached hydrogens (primary N) is 1. The lowest BCUT2D eigenvalue weighted by atomic mass is 10.1. The van der Waals surface area contributed by atoms with Gasteiger partial charge in [-0.25, -0.2) is 0 Å². The molecule has 0 spiro atoms. The normalized spacial score (nSPS) is 11.9. The van der Waals surface area contributed by atoms with Crippen molar-refractivity contribution in [3.63, 3.8) is 0 Å². The Morgan fingerprint density at radius 1 is 1.25 bits per heavy atom. The van der Waals surface area contributed by atoms with E-state index in [-0.39, 0.29) is 11.9 Å². The second-order valence-electron chi connectivity index (χ2n) is 4.69. The molecule has 2 aromatic carbocycles. The zero-order valence-corrected chi connectivity index (χ0v) is 12.0. The van der Waals surface area contributed by atoms with Gasteiger partial charge in [0.15, 0.2) is 0 Å². The molecule has 0 saturated carbocycles. The number of carbonyl (C=O) groups is 1. The fourth-order valence-electron chi connectivity index (χ4n) is 1.86. The van der Waals surface area contributed by atoms with Crippen LogP contribution in [0.4, 0.5) is 0 Å². The van der Waals surface area contributed by atoms with Crippen molar-refractivity contribution in [2.24, 2.45) is 5.73 Å². The minimum atomic E-state index is -0.221. The summed E-state index contributed by atoms with van der Waals surface area (Å²) in [6.07, 6.45) is 0. The molecular formula is C16H17ClN2O. The Morgan fingerprint density at radius 2 is 1.95 bits per heavy atom. The van der Waals surface area contributed by atoms with Crippen molar-refractivity contribution in [3.05, 3.63) is 70.2 Å². The van der Waals surface area contributed by atoms with Gasteiger partial charge < -0.3 is 11.1 Å². The number of halogens is 1. The highest BCUT2D eigenvalue weighted by Crippen LogP contribution is 2.16. The number of benzene rings is 2. The standard InChI is InChI=1S/C16H17ClN2O/c1-11-7-8-13(9-14(11)17)16(20)19-10-15(18)12-5-3-2-4-6-12/h2-9,15H,10,18H2,1H3,(H,19,20). The third-order valence-electron chi connectivity index (χ3n) is 3.14. The van der Waals surface area contributed by atoms with Gasteiger partial charge in [-0.1, -0.05) is 48.0 Å². The van der Waals surface area contributed by atoms with Crippen molar-refractivity contribution < 1.29 is 4.79 Å². The second-order valence-corrected chi connectivity index (χ2v) is 5.10. The summed E-state index contributed by atoms with van der Waals surface area (Å²) in [7, 11) is 0. The molecule has 0 radical (unpaired) electrons. The summed E-state index contributed by atoms with van der Waals surface area (Å²) in [6, 6.07) is 14.7. The highest BCUT2D eigenvalue weighted by Gasteiger charge is 2.10. The van der Waals surface area contributed by atoms with Gasteiger partial charge in [-0.15, -0.1) is 0 Å². The molecule has 0 aromatic heterocycles. The maximum atomic E-state index is 12.0. The SMILES string of the molecule is Cc1ccc(C(=O)NCC(N)c2ccccc2)cc1Cl. The van der Waals surface area contributed by atoms with Gasteiger partial charge in [-0.3, -0.25) is 4.79 Å². The second kappa shape index (κ2) is 6.55. The third-order valence-corrected chi connectivity index (χ3v) is 3.55. The number of aryl methyl sites for hydroxylation is 1. The number of nitrogens with one attached hydrogen (secondary N) is 1. The maximum Gasteiger partial charge on any atom is 0.251 e. The summed E-state index contributed by atoms with van der Waals surface area (Å²) in [5.74, 6) is -0.168. The first-order chi connectivity index (χ1) is 9.58. The van der Waals surface area contributed by atoms with Gasteiger partial charge in [0, 0.05) is 23.2 Å². The zero-order valence-electron chi connectivity index (χ0n) is 11.3. The van der Waals surface area contributed by atoms with Crippen LogP contribution in [-0.2, 0) is 0 Å². The van der Waals surface area contributed by atoms with Crippen LogP contribution in [0, 0.1) is 6.92 Å². The van der Waals surface area contributed by atoms with Crippen molar-refractivity contribution in [1.29, 1.82) is 0 Å². The molecule has 1 unspecified atom stereocenters. The molecule has 1 atom stereocenters. The van der Waals surface area contributed by atoms with Gasteiger partial charge in [0.05, 0.1) is 0 Å². The van der Waals surface area contributed by atoms with Gasteiger partial charge in [0.1, 0.15) is 0 Å². The first-order valence-electron chi connectivity index (χ1n) is 6.43. The third kappa shape index (κ3) is 3.59. The Kier molecular flexibility index (Phi) is 4.77. The van der Waals surface area contributed by atoms with Gasteiger partial charge in [0.25, 0.3) is 5.91 Å². The first kappa shape index (κ1) is 14.6. The van der Waals surface area contributed by atoms with Crippen LogP contribution < -0.4 is 11.1 Å². The Morgan fingerprint density at radius 3 is 2.60 bits per heavy atom. The lowest BCUT2D eigenvalue weighted by Crippen LogP contribution is -2.31. The smallest absolute Gasteiger partial charge is 0.251 e. The quantitative estimate of drug-likeness (QED) is 0.908. The lowest BCUT2D eigenvalue weighted by molar-refractivity contribution is 0.0951. The van der Waals surface area contributed by atoms with Crippen LogP contribution in [0.1, 0.15) is 27.5 Å². The largest absolute Gasteiger partial charge is 0.350 e. The molecule has 20 heavy (non-hydrogen) atoms. The lowest BCUT2D eigenvalue weighted by Gasteiger charge is -2.13. The monoisotopic (exact) mass is 288 g/mol. The van der Waals surface area contributed by atoms with Crippen LogP contribution >= 0.6 is 11.6 Å². The molecule has 0 aliphatic carbocycles. The van der Waals surface area contributed by atoms with Crippen molar-refractivity contribution in [3.8, 4) is 0 Å². The van der Waals surface area contributed by atoms with E-state index in [2.05, 4.69) is 5.32 Å². The molecule has 1 amide bonds. The number of carbonyl (C=O) groups excluding carboxylic acids is 1. The number of rotatable bonds is 4. The average molecular weight is 289 g/mol. The molecule has 0 fully saturated rings. The van der Waals surface area contributed by atoms with Crippen LogP contribution in [0.3, 0.4) is 0 Å². The van der Waals surface area contributed by atoms with E-state index in [1.807, 2.05) is 43.3 Å². The summed E-state index contributed by atoms with van der Waals surface area (Å²) < 4.78 is 0. The van der Waals surface area contributed by atoms with Crippen molar-refractivity contribution >= 4 is 17.5 Å². The van der Waals surface area contributed by atoms with E-state index in [0.29, 0.717) is 17.1 Å². The Hall–Kier alpha value is -1.84. The minimum absolute atomic E-state index is 0.168. The van der Waals surface area contributed by atoms with Crippen LogP contribution in [0.2, 0.25) is 5.02 Å². The highest BCUT2D eigenvalue weighted by molar-refractivity contribution is 6.31. The Labute approximate surface area is 123 Å². The van der Waals surface area contributed by atoms with E-state index < -0.39 is 0 Å². The topological polar surface area (TPSA) is 55.1 Å². The fourth-order valence-corrected chi connectivity index (χ4v) is 2.04. The van der Waals surface area contributed by atoms with Crippen LogP contribution in [-0.4, -0.2) is 12.5 Å². The minimum Gasteiger partial charge on any atom is -0.350 e. The van der Waals surface area contributed by atoms with E-state index in [0.717, 1.165) is 11.1 Å². The molecule has 0 saturated heterocycles. The highest BCUT2D eigenvalue weighted by atomic mass is 35.5. The summed E-state index contributed by atoms with van der Waals surface area (Å²) in [6.45, 7) is 2.28. The molecule has 2 rings (SSSR count). The van der Waals surface area contributed by atoms with E-state index >= 15 is 0 Å². The van der Waals surface area contributed by atoms with Crippen LogP contribution in [0.25, 0.3) is 0 Å². The summed E-state index contributed by atoms with van der Waals surface area (Å²) in [4.78, 5) is 12.0. The molecule has 0 heterocycles. The number of hydrogen-bond donors (Lipinski definition) is 2. The molecular weight excluding hydrogens is 272 g/mol. The van der Waals surface area contributed by atoms with Gasteiger partial charge >= 0.3 is 0 Å². The average Bonchev–Trinajstić information content (AvgIpc) is 2.48. The molecule has 2 aromatic rings. The van der Waals surface area contributed by atoms with E-state index in [9.17, 15) is 4.79 Å². The summed E-state index contributed by atoms with van der Waals surface area (Å²) in [5.41, 5.74) is 8.52. The van der Waals surface area contributed by atoms with Gasteiger partial charge in [0.2, 0.25) is 0 Å². The predicted octanol–water partition coefficient (Wildman–Crippen LogP) is 3.08. The summed E-state index contributed by atoms with van der Waals surface area (Å²) >= 11 is 6.01. The predicted molar refractivity (Wildman–Crippen MR) is 81.9 cm³/mol. The van der Waals surface area contributed by atoms with Crippen molar-refractivity contribution in [2.75, 3.05) is 6.54 Å². The Bertz CT molecular complexity index is 599. The van der Waals surface area contributed by atoms with Crippen LogP contribution in [0.5, 0.6) is 0 Å². The van der Waals surface area contributed by atoms with Gasteiger partial charge in [-0.2, -0.15) is 0 Å². The molecule has 0 aliphatic rings. The summed E-state index contributed by atoms with van der Waals surface area (Å²) in [5, 5.41) is 3.41. The van der Waals surface area contributed by atoms with E-state index in [1.54, 1.807) is 12.1 Å². The zero-order chi connectivity index (χ0) is 14.5. The molecule has 104 valence electrons. The van der Waals surface area contributed by atoms with Crippen molar-refractivity contribution in [1.82, 2.24) is 5.32 Å². The van der Waals surface area contributed by atoms with E-state index in [4.69, 9.17) is 17.3 Å². The molecule has 3 N–H and O–H groups in total. The number of hydrogen-bond acceptors (Lipinski definition) is 2. The molecule has 3 nitrogen and oxygen atoms in total. The van der Waals surface area contributed by atoms with Crippen LogP contribution in [0.15, 0.2) is 48.5 Å². The molecule has 0 aliphatic heterocycles. The van der Waals surface area contributed by atoms with Gasteiger partial charge in [-0.05, 0) is 30.2 Å².